The molecule has 0 spiro atoms. The van der Waals surface area contributed by atoms with Crippen molar-refractivity contribution in [2.75, 3.05) is 5.75 Å². The fraction of sp³-hybridized carbons (Fsp3) is 0.929. The molecule has 0 fully saturated rings. The summed E-state index contributed by atoms with van der Waals surface area (Å²) in [6.45, 7) is 4.52. The van der Waals surface area contributed by atoms with Gasteiger partial charge in [0.1, 0.15) is 0 Å². The van der Waals surface area contributed by atoms with E-state index in [-0.39, 0.29) is 5.91 Å². The Morgan fingerprint density at radius 2 is 0.857 bits per heavy atom. The molecule has 3 N–H and O–H groups in total. The minimum atomic E-state index is -4.31. The average molecular weight is 714 g/mol. The zero-order valence-electron chi connectivity index (χ0n) is 32.6. The molecule has 7 heteroatoms. The lowest BCUT2D eigenvalue weighted by molar-refractivity contribution is -0.122. The molecule has 49 heavy (non-hydrogen) atoms. The second kappa shape index (κ2) is 36.9. The maximum absolute atomic E-state index is 12.5. The normalized spacial score (nSPS) is 13.3. The van der Waals surface area contributed by atoms with E-state index in [9.17, 15) is 22.9 Å². The largest absolute Gasteiger partial charge is 0.391 e. The van der Waals surface area contributed by atoms with E-state index in [1.165, 1.54) is 167 Å². The van der Waals surface area contributed by atoms with Crippen LogP contribution < -0.4 is 5.32 Å². The first-order valence-corrected chi connectivity index (χ1v) is 23.0. The summed E-state index contributed by atoms with van der Waals surface area (Å²) in [5.74, 6) is -0.890. The Morgan fingerprint density at radius 3 is 1.22 bits per heavy atom. The number of aliphatic hydroxyl groups is 1. The van der Waals surface area contributed by atoms with Gasteiger partial charge in [0.25, 0.3) is 10.1 Å². The number of allylic oxidation sites excluding steroid dienone is 2. The number of hydrogen-bond acceptors (Lipinski definition) is 4. The van der Waals surface area contributed by atoms with E-state index in [4.69, 9.17) is 0 Å². The van der Waals surface area contributed by atoms with Crippen LogP contribution in [0.15, 0.2) is 12.2 Å². The molecule has 6 nitrogen and oxygen atoms in total. The van der Waals surface area contributed by atoms with Gasteiger partial charge < -0.3 is 10.4 Å². The fourth-order valence-electron chi connectivity index (χ4n) is 6.74. The van der Waals surface area contributed by atoms with E-state index in [0.29, 0.717) is 12.8 Å². The van der Waals surface area contributed by atoms with Crippen LogP contribution in [0.1, 0.15) is 232 Å². The molecule has 292 valence electrons. The second-order valence-electron chi connectivity index (χ2n) is 15.0. The van der Waals surface area contributed by atoms with E-state index in [0.717, 1.165) is 38.5 Å². The molecule has 2 unspecified atom stereocenters. The van der Waals surface area contributed by atoms with E-state index < -0.39 is 28.0 Å². The summed E-state index contributed by atoms with van der Waals surface area (Å²) >= 11 is 0. The smallest absolute Gasteiger partial charge is 0.266 e. The quantitative estimate of drug-likeness (QED) is 0.0334. The van der Waals surface area contributed by atoms with Crippen molar-refractivity contribution in [1.82, 2.24) is 5.32 Å². The van der Waals surface area contributed by atoms with Crippen LogP contribution in [-0.4, -0.2) is 41.9 Å². The van der Waals surface area contributed by atoms with Gasteiger partial charge in [-0.15, -0.1) is 0 Å². The van der Waals surface area contributed by atoms with E-state index in [2.05, 4.69) is 31.3 Å². The van der Waals surface area contributed by atoms with Gasteiger partial charge in [0.15, 0.2) is 0 Å². The topological polar surface area (TPSA) is 104 Å². The van der Waals surface area contributed by atoms with Gasteiger partial charge in [-0.3, -0.25) is 9.35 Å². The molecular formula is C42H83NO5S. The Hall–Kier alpha value is -0.920. The number of amides is 1. The summed E-state index contributed by atoms with van der Waals surface area (Å²) in [6.07, 6.45) is 44.5. The third-order valence-corrected chi connectivity index (χ3v) is 10.8. The molecule has 0 saturated carbocycles. The highest BCUT2D eigenvalue weighted by atomic mass is 32.2. The van der Waals surface area contributed by atoms with Crippen molar-refractivity contribution in [2.45, 2.75) is 244 Å². The molecule has 0 rings (SSSR count). The average Bonchev–Trinajstić information content (AvgIpc) is 3.06. The molecule has 0 aliphatic heterocycles. The Morgan fingerprint density at radius 1 is 0.531 bits per heavy atom. The van der Waals surface area contributed by atoms with Crippen molar-refractivity contribution in [3.8, 4) is 0 Å². The number of rotatable bonds is 39. The van der Waals surface area contributed by atoms with Crippen molar-refractivity contribution in [3.05, 3.63) is 12.2 Å². The monoisotopic (exact) mass is 714 g/mol. The second-order valence-corrected chi connectivity index (χ2v) is 16.5. The number of nitrogens with one attached hydrogen (secondary N) is 1. The van der Waals surface area contributed by atoms with Gasteiger partial charge in [0.05, 0.1) is 17.9 Å². The number of unbranched alkanes of at least 4 members (excludes halogenated alkanes) is 29. The molecule has 0 aromatic rings. The van der Waals surface area contributed by atoms with Gasteiger partial charge in [0.2, 0.25) is 5.91 Å². The highest BCUT2D eigenvalue weighted by molar-refractivity contribution is 7.85. The van der Waals surface area contributed by atoms with Crippen LogP contribution in [-0.2, 0) is 14.9 Å². The molecular weight excluding hydrogens is 631 g/mol. The zero-order valence-corrected chi connectivity index (χ0v) is 33.4. The molecule has 0 aromatic heterocycles. The molecule has 0 bridgehead atoms. The zero-order chi connectivity index (χ0) is 36.1. The molecule has 0 radical (unpaired) electrons. The number of aliphatic hydroxyl groups excluding tert-OH is 1. The molecule has 0 saturated heterocycles. The van der Waals surface area contributed by atoms with Crippen molar-refractivity contribution in [2.24, 2.45) is 0 Å². The van der Waals surface area contributed by atoms with Gasteiger partial charge in [0, 0.05) is 6.42 Å². The lowest BCUT2D eigenvalue weighted by Crippen LogP contribution is -2.47. The van der Waals surface area contributed by atoms with Crippen molar-refractivity contribution < 1.29 is 22.9 Å². The van der Waals surface area contributed by atoms with Gasteiger partial charge >= 0.3 is 0 Å². The third kappa shape index (κ3) is 38.1. The summed E-state index contributed by atoms with van der Waals surface area (Å²) in [6, 6.07) is -0.967. The van der Waals surface area contributed by atoms with Crippen LogP contribution in [0.5, 0.6) is 0 Å². The highest BCUT2D eigenvalue weighted by Crippen LogP contribution is 2.16. The summed E-state index contributed by atoms with van der Waals surface area (Å²) in [5.41, 5.74) is 0. The summed E-state index contributed by atoms with van der Waals surface area (Å²) < 4.78 is 32.5. The van der Waals surface area contributed by atoms with E-state index in [1.54, 1.807) is 0 Å². The molecule has 0 heterocycles. The predicted molar refractivity (Wildman–Crippen MR) is 212 cm³/mol. The summed E-state index contributed by atoms with van der Waals surface area (Å²) in [4.78, 5) is 12.5. The Labute approximate surface area is 305 Å². The molecule has 0 aliphatic carbocycles. The van der Waals surface area contributed by atoms with Gasteiger partial charge in [-0.1, -0.05) is 199 Å². The van der Waals surface area contributed by atoms with Crippen molar-refractivity contribution in [1.29, 1.82) is 0 Å². The third-order valence-electron chi connectivity index (χ3n) is 9.97. The predicted octanol–water partition coefficient (Wildman–Crippen LogP) is 12.6. The first-order chi connectivity index (χ1) is 23.8. The Bertz CT molecular complexity index is 831. The van der Waals surface area contributed by atoms with Crippen LogP contribution in [0.25, 0.3) is 0 Å². The maximum atomic E-state index is 12.5. The maximum Gasteiger partial charge on any atom is 0.266 e. The highest BCUT2D eigenvalue weighted by Gasteiger charge is 2.26. The van der Waals surface area contributed by atoms with Crippen LogP contribution in [0.2, 0.25) is 0 Å². The first kappa shape index (κ1) is 48.1. The Kier molecular flexibility index (Phi) is 36.2. The molecule has 1 amide bonds. The fourth-order valence-corrected chi connectivity index (χ4v) is 7.50. The van der Waals surface area contributed by atoms with Gasteiger partial charge in [-0.2, -0.15) is 8.42 Å². The van der Waals surface area contributed by atoms with Gasteiger partial charge in [-0.25, -0.2) is 0 Å². The van der Waals surface area contributed by atoms with Crippen molar-refractivity contribution >= 4 is 16.0 Å². The SMILES string of the molecule is CCCCCCCCCC/C=C\CCCCCCCCCCCC(=O)NC(CS(=O)(=O)O)C(O)CCCCCCCCCCCCCCC. The summed E-state index contributed by atoms with van der Waals surface area (Å²) in [5, 5.41) is 13.4. The number of hydrogen-bond donors (Lipinski definition) is 3. The van der Waals surface area contributed by atoms with Crippen LogP contribution >= 0.6 is 0 Å². The van der Waals surface area contributed by atoms with Crippen molar-refractivity contribution in [3.63, 3.8) is 0 Å². The molecule has 0 aliphatic rings. The molecule has 0 aromatic carbocycles. The van der Waals surface area contributed by atoms with Gasteiger partial charge in [-0.05, 0) is 38.5 Å². The first-order valence-electron chi connectivity index (χ1n) is 21.4. The number of carbonyl (C=O) groups is 1. The Balaban J connectivity index is 3.79. The number of carbonyl (C=O) groups excluding carboxylic acids is 1. The lowest BCUT2D eigenvalue weighted by atomic mass is 10.0. The summed E-state index contributed by atoms with van der Waals surface area (Å²) in [7, 11) is -4.31. The van der Waals surface area contributed by atoms with E-state index >= 15 is 0 Å². The standard InChI is InChI=1S/C42H83NO5S/c1-3-5-7-9-11-13-15-17-18-19-20-21-22-23-24-26-28-30-32-34-36-38-42(45)43-40(39-49(46,47)48)41(44)37-35-33-31-29-27-25-16-14-12-10-8-6-4-2/h19-20,40-41,44H,3-18,21-39H2,1-2H3,(H,43,45)(H,46,47,48)/b20-19-. The van der Waals surface area contributed by atoms with Crippen LogP contribution in [0, 0.1) is 0 Å². The lowest BCUT2D eigenvalue weighted by Gasteiger charge is -2.23. The molecule has 2 atom stereocenters. The van der Waals surface area contributed by atoms with Crippen LogP contribution in [0.4, 0.5) is 0 Å². The minimum absolute atomic E-state index is 0.245. The minimum Gasteiger partial charge on any atom is -0.391 e. The van der Waals surface area contributed by atoms with E-state index in [1.807, 2.05) is 0 Å². The van der Waals surface area contributed by atoms with Crippen LogP contribution in [0.3, 0.4) is 0 Å².